The number of rotatable bonds is 6. The molecule has 1 aromatic rings. The molecule has 23 heavy (non-hydrogen) atoms. The molecule has 1 N–H and O–H groups in total. The highest BCUT2D eigenvalue weighted by Gasteiger charge is 2.15. The zero-order valence-electron chi connectivity index (χ0n) is 12.5. The van der Waals surface area contributed by atoms with Crippen LogP contribution in [0.5, 0.6) is 5.75 Å². The third-order valence-electron chi connectivity index (χ3n) is 2.70. The van der Waals surface area contributed by atoms with E-state index < -0.39 is 11.9 Å². The van der Waals surface area contributed by atoms with Crippen LogP contribution in [0.4, 0.5) is 0 Å². The maximum atomic E-state index is 11.9. The average molecular weight is 357 g/mol. The summed E-state index contributed by atoms with van der Waals surface area (Å²) in [6.07, 6.45) is 1.11. The first-order chi connectivity index (χ1) is 10.8. The number of hydrogen-bond acceptors (Lipinski definition) is 4. The average Bonchev–Trinajstić information content (AvgIpc) is 2.49. The number of carboxylic acid groups (broad SMARTS) is 1. The highest BCUT2D eigenvalue weighted by Crippen LogP contribution is 2.36. The third-order valence-corrected chi connectivity index (χ3v) is 3.39. The summed E-state index contributed by atoms with van der Waals surface area (Å²) in [5.74, 6) is -1.37. The van der Waals surface area contributed by atoms with Crippen LogP contribution in [0.2, 0.25) is 10.0 Å². The van der Waals surface area contributed by atoms with E-state index in [1.807, 2.05) is 6.07 Å². The molecule has 0 aliphatic heterocycles. The Kier molecular flexibility index (Phi) is 6.89. The van der Waals surface area contributed by atoms with Gasteiger partial charge in [-0.05, 0) is 17.7 Å². The van der Waals surface area contributed by atoms with Crippen LogP contribution >= 0.6 is 23.2 Å². The van der Waals surface area contributed by atoms with Gasteiger partial charge >= 0.3 is 5.97 Å². The number of nitrogens with zero attached hydrogens (tertiary/aromatic N) is 2. The van der Waals surface area contributed by atoms with Crippen molar-refractivity contribution in [3.63, 3.8) is 0 Å². The second-order valence-corrected chi connectivity index (χ2v) is 5.43. The first-order valence-corrected chi connectivity index (χ1v) is 7.19. The number of amides is 1. The van der Waals surface area contributed by atoms with Crippen molar-refractivity contribution in [1.29, 1.82) is 5.26 Å². The third kappa shape index (κ3) is 5.16. The lowest BCUT2D eigenvalue weighted by molar-refractivity contribution is -0.137. The first kappa shape index (κ1) is 18.8. The summed E-state index contributed by atoms with van der Waals surface area (Å²) in [5.41, 5.74) is 0.267. The molecule has 8 heteroatoms. The lowest BCUT2D eigenvalue weighted by Crippen LogP contribution is -2.22. The molecule has 0 saturated carbocycles. The number of carbonyl (C=O) groups excluding carboxylic acids is 1. The van der Waals surface area contributed by atoms with E-state index >= 15 is 0 Å². The molecule has 1 rings (SSSR count). The predicted molar refractivity (Wildman–Crippen MR) is 86.5 cm³/mol. The van der Waals surface area contributed by atoms with Gasteiger partial charge in [0, 0.05) is 14.1 Å². The van der Waals surface area contributed by atoms with Gasteiger partial charge in [0.05, 0.1) is 23.1 Å². The molecule has 0 bridgehead atoms. The summed E-state index contributed by atoms with van der Waals surface area (Å²) in [5, 5.41) is 18.0. The van der Waals surface area contributed by atoms with Crippen LogP contribution < -0.4 is 4.74 Å². The van der Waals surface area contributed by atoms with Gasteiger partial charge in [-0.25, -0.2) is 0 Å². The van der Waals surface area contributed by atoms with E-state index in [0.29, 0.717) is 5.56 Å². The number of ether oxygens (including phenoxy) is 1. The van der Waals surface area contributed by atoms with E-state index in [9.17, 15) is 9.59 Å². The van der Waals surface area contributed by atoms with E-state index in [1.165, 1.54) is 37.2 Å². The molecule has 0 spiro atoms. The van der Waals surface area contributed by atoms with Crippen molar-refractivity contribution in [3.8, 4) is 11.8 Å². The summed E-state index contributed by atoms with van der Waals surface area (Å²) >= 11 is 12.2. The minimum absolute atomic E-state index is 0.0993. The molecule has 1 amide bonds. The van der Waals surface area contributed by atoms with Gasteiger partial charge in [0.15, 0.2) is 5.75 Å². The van der Waals surface area contributed by atoms with Gasteiger partial charge < -0.3 is 14.7 Å². The number of likely N-dealkylation sites (N-methyl/N-ethyl adjacent to an activating group) is 1. The Hall–Kier alpha value is -2.23. The molecule has 0 radical (unpaired) electrons. The molecule has 0 unspecified atom stereocenters. The zero-order chi connectivity index (χ0) is 17.6. The van der Waals surface area contributed by atoms with Crippen molar-refractivity contribution >= 4 is 41.2 Å². The molecule has 0 aliphatic carbocycles. The SMILES string of the molecule is CN(C)C(=O)C(C#N)=Cc1ccc(Cl)c(OCCC(=O)O)c1Cl. The van der Waals surface area contributed by atoms with Gasteiger partial charge in [-0.2, -0.15) is 5.26 Å². The molecule has 0 fully saturated rings. The van der Waals surface area contributed by atoms with Crippen molar-refractivity contribution in [2.45, 2.75) is 6.42 Å². The van der Waals surface area contributed by atoms with Gasteiger partial charge in [-0.1, -0.05) is 29.3 Å². The second-order valence-electron chi connectivity index (χ2n) is 4.64. The Morgan fingerprint density at radius 2 is 2.04 bits per heavy atom. The number of hydrogen-bond donors (Lipinski definition) is 1. The Balaban J connectivity index is 3.16. The molecule has 1 aromatic carbocycles. The molecule has 6 nitrogen and oxygen atoms in total. The molecule has 0 saturated heterocycles. The highest BCUT2D eigenvalue weighted by atomic mass is 35.5. The van der Waals surface area contributed by atoms with Gasteiger partial charge in [0.1, 0.15) is 11.6 Å². The van der Waals surface area contributed by atoms with Crippen LogP contribution in [0.25, 0.3) is 6.08 Å². The lowest BCUT2D eigenvalue weighted by atomic mass is 10.1. The van der Waals surface area contributed by atoms with Gasteiger partial charge in [-0.15, -0.1) is 0 Å². The molecule has 0 aliphatic rings. The standard InChI is InChI=1S/C15H14Cl2N2O4/c1-19(2)15(22)10(8-18)7-9-3-4-11(16)14(13(9)17)23-6-5-12(20)21/h3-4,7H,5-6H2,1-2H3,(H,20,21). The maximum Gasteiger partial charge on any atom is 0.306 e. The van der Waals surface area contributed by atoms with E-state index in [1.54, 1.807) is 0 Å². The molecule has 0 aromatic heterocycles. The molecule has 0 heterocycles. The quantitative estimate of drug-likeness (QED) is 0.625. The summed E-state index contributed by atoms with van der Waals surface area (Å²) in [6, 6.07) is 4.84. The first-order valence-electron chi connectivity index (χ1n) is 6.44. The van der Waals surface area contributed by atoms with E-state index in [-0.39, 0.29) is 34.4 Å². The van der Waals surface area contributed by atoms with Crippen molar-refractivity contribution < 1.29 is 19.4 Å². The fourth-order valence-electron chi connectivity index (χ4n) is 1.57. The number of nitriles is 1. The van der Waals surface area contributed by atoms with Crippen LogP contribution in [-0.2, 0) is 9.59 Å². The van der Waals surface area contributed by atoms with Crippen LogP contribution in [0, 0.1) is 11.3 Å². The zero-order valence-corrected chi connectivity index (χ0v) is 14.0. The van der Waals surface area contributed by atoms with Gasteiger partial charge in [0.25, 0.3) is 5.91 Å². The van der Waals surface area contributed by atoms with E-state index in [2.05, 4.69) is 0 Å². The summed E-state index contributed by atoms with van der Waals surface area (Å²) in [6.45, 7) is -0.107. The Bertz CT molecular complexity index is 693. The molecule has 0 atom stereocenters. The normalized spacial score (nSPS) is 10.8. The monoisotopic (exact) mass is 356 g/mol. The fraction of sp³-hybridized carbons (Fsp3) is 0.267. The maximum absolute atomic E-state index is 11.9. The Morgan fingerprint density at radius 1 is 1.39 bits per heavy atom. The summed E-state index contributed by atoms with van der Waals surface area (Å²) in [4.78, 5) is 23.6. The number of aliphatic carboxylic acids is 1. The van der Waals surface area contributed by atoms with E-state index in [0.717, 1.165) is 0 Å². The minimum Gasteiger partial charge on any atom is -0.490 e. The molecular formula is C15H14Cl2N2O4. The van der Waals surface area contributed by atoms with Crippen LogP contribution in [0.1, 0.15) is 12.0 Å². The van der Waals surface area contributed by atoms with Gasteiger partial charge in [-0.3, -0.25) is 9.59 Å². The van der Waals surface area contributed by atoms with Crippen LogP contribution in [-0.4, -0.2) is 42.6 Å². The number of carboxylic acids is 1. The van der Waals surface area contributed by atoms with Crippen molar-refractivity contribution in [2.24, 2.45) is 0 Å². The second kappa shape index (κ2) is 8.42. The Labute approximate surface area is 143 Å². The number of halogens is 2. The number of benzene rings is 1. The lowest BCUT2D eigenvalue weighted by Gasteiger charge is -2.12. The Morgan fingerprint density at radius 3 is 2.57 bits per heavy atom. The van der Waals surface area contributed by atoms with Crippen LogP contribution in [0.15, 0.2) is 17.7 Å². The van der Waals surface area contributed by atoms with E-state index in [4.69, 9.17) is 38.3 Å². The molecular weight excluding hydrogens is 343 g/mol. The highest BCUT2D eigenvalue weighted by molar-refractivity contribution is 6.38. The minimum atomic E-state index is -1.02. The van der Waals surface area contributed by atoms with Gasteiger partial charge in [0.2, 0.25) is 0 Å². The van der Waals surface area contributed by atoms with Crippen molar-refractivity contribution in [3.05, 3.63) is 33.3 Å². The predicted octanol–water partition coefficient (Wildman–Crippen LogP) is 2.84. The summed E-state index contributed by atoms with van der Waals surface area (Å²) < 4.78 is 5.29. The summed E-state index contributed by atoms with van der Waals surface area (Å²) in [7, 11) is 3.05. The van der Waals surface area contributed by atoms with Crippen molar-refractivity contribution in [2.75, 3.05) is 20.7 Å². The largest absolute Gasteiger partial charge is 0.490 e. The topological polar surface area (TPSA) is 90.6 Å². The van der Waals surface area contributed by atoms with Crippen molar-refractivity contribution in [1.82, 2.24) is 4.90 Å². The fourth-order valence-corrected chi connectivity index (χ4v) is 2.10. The number of carbonyl (C=O) groups is 2. The smallest absolute Gasteiger partial charge is 0.306 e. The molecule has 122 valence electrons. The van der Waals surface area contributed by atoms with Crippen LogP contribution in [0.3, 0.4) is 0 Å².